The molecule has 0 bridgehead atoms. The molecule has 2 fully saturated rings. The summed E-state index contributed by atoms with van der Waals surface area (Å²) >= 11 is 3.77. The summed E-state index contributed by atoms with van der Waals surface area (Å²) in [4.78, 5) is 4.73. The van der Waals surface area contributed by atoms with E-state index in [4.69, 9.17) is 9.72 Å². The standard InChI is InChI=1S/C11H16N2OS2/c1-2-10(14-4-1)11-13-9(7-16-11)8-6-15-5-3-12-8/h7-8,10,12H,1-6H2. The van der Waals surface area contributed by atoms with E-state index in [0.29, 0.717) is 6.04 Å². The number of nitrogens with zero attached hydrogens (tertiary/aromatic N) is 1. The lowest BCUT2D eigenvalue weighted by Crippen LogP contribution is -2.30. The van der Waals surface area contributed by atoms with Crippen LogP contribution in [0.4, 0.5) is 0 Å². The molecule has 1 aromatic rings. The Hall–Kier alpha value is -0.100. The highest BCUT2D eigenvalue weighted by Gasteiger charge is 2.23. The van der Waals surface area contributed by atoms with Crippen molar-refractivity contribution in [3.63, 3.8) is 0 Å². The first-order valence-electron chi connectivity index (χ1n) is 5.81. The first kappa shape index (κ1) is 11.0. The molecule has 88 valence electrons. The molecule has 0 radical (unpaired) electrons. The molecule has 3 rings (SSSR count). The van der Waals surface area contributed by atoms with E-state index in [1.807, 2.05) is 11.8 Å². The average Bonchev–Trinajstić information content (AvgIpc) is 3.01. The number of ether oxygens (including phenoxy) is 1. The van der Waals surface area contributed by atoms with Crippen molar-refractivity contribution >= 4 is 23.1 Å². The van der Waals surface area contributed by atoms with Crippen LogP contribution in [0.2, 0.25) is 0 Å². The van der Waals surface area contributed by atoms with Crippen molar-refractivity contribution < 1.29 is 4.74 Å². The van der Waals surface area contributed by atoms with Crippen LogP contribution in [0.5, 0.6) is 0 Å². The van der Waals surface area contributed by atoms with E-state index < -0.39 is 0 Å². The van der Waals surface area contributed by atoms with Crippen molar-refractivity contribution in [2.24, 2.45) is 0 Å². The second-order valence-electron chi connectivity index (χ2n) is 4.19. The van der Waals surface area contributed by atoms with E-state index in [2.05, 4.69) is 10.7 Å². The quantitative estimate of drug-likeness (QED) is 0.881. The minimum Gasteiger partial charge on any atom is -0.371 e. The van der Waals surface area contributed by atoms with Gasteiger partial charge in [0.25, 0.3) is 0 Å². The van der Waals surface area contributed by atoms with Crippen molar-refractivity contribution in [1.29, 1.82) is 0 Å². The molecular formula is C11H16N2OS2. The van der Waals surface area contributed by atoms with Crippen molar-refractivity contribution in [3.05, 3.63) is 16.1 Å². The molecule has 2 saturated heterocycles. The van der Waals surface area contributed by atoms with Crippen molar-refractivity contribution in [1.82, 2.24) is 10.3 Å². The van der Waals surface area contributed by atoms with Gasteiger partial charge in [-0.3, -0.25) is 0 Å². The molecule has 0 aliphatic carbocycles. The van der Waals surface area contributed by atoms with Gasteiger partial charge in [0.15, 0.2) is 0 Å². The third-order valence-electron chi connectivity index (χ3n) is 3.02. The highest BCUT2D eigenvalue weighted by Crippen LogP contribution is 2.32. The van der Waals surface area contributed by atoms with Crippen molar-refractivity contribution in [3.8, 4) is 0 Å². The SMILES string of the molecule is c1sc(C2CCCO2)nc1C1CSCCN1. The molecule has 2 aliphatic rings. The Kier molecular flexibility index (Phi) is 3.47. The molecule has 16 heavy (non-hydrogen) atoms. The Bertz CT molecular complexity index is 344. The molecule has 2 atom stereocenters. The summed E-state index contributed by atoms with van der Waals surface area (Å²) in [5.74, 6) is 2.37. The van der Waals surface area contributed by atoms with Gasteiger partial charge in [0.05, 0.1) is 11.7 Å². The number of rotatable bonds is 2. The van der Waals surface area contributed by atoms with Gasteiger partial charge in [-0.25, -0.2) is 4.98 Å². The zero-order valence-electron chi connectivity index (χ0n) is 9.15. The Morgan fingerprint density at radius 3 is 3.25 bits per heavy atom. The second-order valence-corrected chi connectivity index (χ2v) is 6.23. The van der Waals surface area contributed by atoms with Gasteiger partial charge in [0.1, 0.15) is 11.1 Å². The van der Waals surface area contributed by atoms with Gasteiger partial charge < -0.3 is 10.1 Å². The largest absolute Gasteiger partial charge is 0.371 e. The monoisotopic (exact) mass is 256 g/mol. The summed E-state index contributed by atoms with van der Waals surface area (Å²) < 4.78 is 5.66. The van der Waals surface area contributed by atoms with E-state index in [1.165, 1.54) is 22.9 Å². The normalized spacial score (nSPS) is 30.8. The van der Waals surface area contributed by atoms with E-state index in [9.17, 15) is 0 Å². The molecule has 0 aromatic carbocycles. The number of thioether (sulfide) groups is 1. The number of thiazole rings is 1. The molecule has 0 amide bonds. The van der Waals surface area contributed by atoms with Crippen LogP contribution in [0.1, 0.15) is 35.7 Å². The Balaban J connectivity index is 1.71. The third kappa shape index (κ3) is 2.27. The van der Waals surface area contributed by atoms with Gasteiger partial charge >= 0.3 is 0 Å². The fraction of sp³-hybridized carbons (Fsp3) is 0.727. The highest BCUT2D eigenvalue weighted by molar-refractivity contribution is 7.99. The molecule has 0 spiro atoms. The number of nitrogens with one attached hydrogen (secondary N) is 1. The van der Waals surface area contributed by atoms with Gasteiger partial charge in [0, 0.05) is 30.0 Å². The van der Waals surface area contributed by atoms with Gasteiger partial charge in [-0.05, 0) is 12.8 Å². The fourth-order valence-electron chi connectivity index (χ4n) is 2.14. The van der Waals surface area contributed by atoms with Gasteiger partial charge in [-0.15, -0.1) is 11.3 Å². The molecule has 3 nitrogen and oxygen atoms in total. The molecular weight excluding hydrogens is 240 g/mol. The van der Waals surface area contributed by atoms with Crippen LogP contribution in [-0.4, -0.2) is 29.6 Å². The van der Waals surface area contributed by atoms with Crippen LogP contribution in [0, 0.1) is 0 Å². The number of aromatic nitrogens is 1. The van der Waals surface area contributed by atoms with Gasteiger partial charge in [-0.2, -0.15) is 11.8 Å². The number of hydrogen-bond acceptors (Lipinski definition) is 5. The Morgan fingerprint density at radius 1 is 1.50 bits per heavy atom. The van der Waals surface area contributed by atoms with Crippen LogP contribution in [0.15, 0.2) is 5.38 Å². The minimum absolute atomic E-state index is 0.273. The summed E-state index contributed by atoms with van der Waals surface area (Å²) in [7, 11) is 0. The maximum Gasteiger partial charge on any atom is 0.122 e. The second kappa shape index (κ2) is 5.04. The topological polar surface area (TPSA) is 34.1 Å². The Morgan fingerprint density at radius 2 is 2.50 bits per heavy atom. The molecule has 2 aliphatic heterocycles. The zero-order chi connectivity index (χ0) is 10.8. The molecule has 2 unspecified atom stereocenters. The van der Waals surface area contributed by atoms with E-state index in [0.717, 1.165) is 25.3 Å². The lowest BCUT2D eigenvalue weighted by atomic mass is 10.2. The first-order valence-corrected chi connectivity index (χ1v) is 7.85. The molecule has 3 heterocycles. The summed E-state index contributed by atoms with van der Waals surface area (Å²) in [6.45, 7) is 2.00. The lowest BCUT2D eigenvalue weighted by Gasteiger charge is -2.21. The van der Waals surface area contributed by atoms with Crippen molar-refractivity contribution in [2.75, 3.05) is 24.7 Å². The summed E-state index contributed by atoms with van der Waals surface area (Å²) in [6, 6.07) is 0.449. The van der Waals surface area contributed by atoms with Crippen LogP contribution >= 0.6 is 23.1 Å². The highest BCUT2D eigenvalue weighted by atomic mass is 32.2. The maximum atomic E-state index is 5.66. The third-order valence-corrected chi connectivity index (χ3v) is 5.04. The maximum absolute atomic E-state index is 5.66. The minimum atomic E-state index is 0.273. The fourth-order valence-corrected chi connectivity index (χ4v) is 4.04. The predicted octanol–water partition coefficient (Wildman–Crippen LogP) is 2.37. The first-order chi connectivity index (χ1) is 7.93. The van der Waals surface area contributed by atoms with Crippen LogP contribution in [-0.2, 0) is 4.74 Å². The van der Waals surface area contributed by atoms with Crippen LogP contribution in [0.25, 0.3) is 0 Å². The molecule has 1 aromatic heterocycles. The Labute approximate surface area is 104 Å². The number of hydrogen-bond donors (Lipinski definition) is 1. The summed E-state index contributed by atoms with van der Waals surface area (Å²) in [6.07, 6.45) is 2.59. The molecule has 5 heteroatoms. The predicted molar refractivity (Wildman–Crippen MR) is 68.1 cm³/mol. The summed E-state index contributed by atoms with van der Waals surface area (Å²) in [5, 5.41) is 6.89. The van der Waals surface area contributed by atoms with E-state index in [1.54, 1.807) is 11.3 Å². The molecule has 1 N–H and O–H groups in total. The summed E-state index contributed by atoms with van der Waals surface area (Å²) in [5.41, 5.74) is 1.21. The van der Waals surface area contributed by atoms with E-state index in [-0.39, 0.29) is 6.10 Å². The average molecular weight is 256 g/mol. The van der Waals surface area contributed by atoms with Crippen LogP contribution < -0.4 is 5.32 Å². The van der Waals surface area contributed by atoms with Gasteiger partial charge in [0.2, 0.25) is 0 Å². The smallest absolute Gasteiger partial charge is 0.122 e. The molecule has 0 saturated carbocycles. The van der Waals surface area contributed by atoms with Crippen LogP contribution in [0.3, 0.4) is 0 Å². The van der Waals surface area contributed by atoms with Gasteiger partial charge in [-0.1, -0.05) is 0 Å². The van der Waals surface area contributed by atoms with Crippen molar-refractivity contribution in [2.45, 2.75) is 25.0 Å². The zero-order valence-corrected chi connectivity index (χ0v) is 10.8. The lowest BCUT2D eigenvalue weighted by molar-refractivity contribution is 0.111. The van der Waals surface area contributed by atoms with E-state index >= 15 is 0 Å².